The van der Waals surface area contributed by atoms with Gasteiger partial charge >= 0.3 is 0 Å². The number of rotatable bonds is 0. The maximum absolute atomic E-state index is 2.58. The van der Waals surface area contributed by atoms with Gasteiger partial charge in [-0.05, 0) is 42.4 Å². The molecule has 0 heteroatoms. The summed E-state index contributed by atoms with van der Waals surface area (Å²) in [6, 6.07) is 0. The van der Waals surface area contributed by atoms with Crippen molar-refractivity contribution in [1.29, 1.82) is 0 Å². The van der Waals surface area contributed by atoms with E-state index in [2.05, 4.69) is 19.1 Å². The topological polar surface area (TPSA) is 0 Å². The van der Waals surface area contributed by atoms with E-state index < -0.39 is 0 Å². The molecule has 3 aliphatic carbocycles. The summed E-state index contributed by atoms with van der Waals surface area (Å²) in [5.41, 5.74) is 0.694. The second-order valence-corrected chi connectivity index (χ2v) is 5.96. The minimum absolute atomic E-state index is 0.694. The van der Waals surface area contributed by atoms with Gasteiger partial charge in [0.2, 0.25) is 0 Å². The summed E-state index contributed by atoms with van der Waals surface area (Å²) in [6.45, 7) is 2.58. The van der Waals surface area contributed by atoms with E-state index in [1.807, 2.05) is 0 Å². The molecule has 2 saturated carbocycles. The molecule has 0 heterocycles. The normalized spacial score (nSPS) is 51.4. The second-order valence-electron chi connectivity index (χ2n) is 5.96. The van der Waals surface area contributed by atoms with Crippen LogP contribution in [0.5, 0.6) is 0 Å². The van der Waals surface area contributed by atoms with Gasteiger partial charge in [-0.3, -0.25) is 0 Å². The molecule has 0 saturated heterocycles. The molecular formula is C14H22. The highest BCUT2D eigenvalue weighted by Crippen LogP contribution is 2.60. The third-order valence-electron chi connectivity index (χ3n) is 5.31. The Labute approximate surface area is 87.8 Å². The first kappa shape index (κ1) is 9.00. The molecule has 3 aliphatic rings. The monoisotopic (exact) mass is 190 g/mol. The van der Waals surface area contributed by atoms with Gasteiger partial charge in [0.15, 0.2) is 0 Å². The lowest BCUT2D eigenvalue weighted by Crippen LogP contribution is -2.32. The van der Waals surface area contributed by atoms with Crippen LogP contribution in [0.3, 0.4) is 0 Å². The Hall–Kier alpha value is -0.260. The molecular weight excluding hydrogens is 168 g/mol. The van der Waals surface area contributed by atoms with E-state index in [1.54, 1.807) is 0 Å². The van der Waals surface area contributed by atoms with Crippen molar-refractivity contribution in [1.82, 2.24) is 0 Å². The van der Waals surface area contributed by atoms with Crippen molar-refractivity contribution in [2.45, 2.75) is 51.9 Å². The lowest BCUT2D eigenvalue weighted by molar-refractivity contribution is 0.122. The number of hydrogen-bond acceptors (Lipinski definition) is 0. The van der Waals surface area contributed by atoms with Gasteiger partial charge < -0.3 is 0 Å². The van der Waals surface area contributed by atoms with Crippen LogP contribution in [0, 0.1) is 23.2 Å². The van der Waals surface area contributed by atoms with Gasteiger partial charge in [0.25, 0.3) is 0 Å². The summed E-state index contributed by atoms with van der Waals surface area (Å²) in [6.07, 6.45) is 15.5. The molecule has 2 fully saturated rings. The molecule has 0 radical (unpaired) electrons. The van der Waals surface area contributed by atoms with Crippen LogP contribution in [0.15, 0.2) is 12.2 Å². The summed E-state index contributed by atoms with van der Waals surface area (Å²) in [4.78, 5) is 0. The smallest absolute Gasteiger partial charge is 0.0171 e. The predicted molar refractivity (Wildman–Crippen MR) is 60.0 cm³/mol. The highest BCUT2D eigenvalue weighted by atomic mass is 14.6. The first-order valence-electron chi connectivity index (χ1n) is 6.49. The average Bonchev–Trinajstić information content (AvgIpc) is 2.68. The van der Waals surface area contributed by atoms with Crippen LogP contribution >= 0.6 is 0 Å². The Kier molecular flexibility index (Phi) is 2.00. The van der Waals surface area contributed by atoms with Crippen LogP contribution in [-0.4, -0.2) is 0 Å². The highest BCUT2D eigenvalue weighted by Gasteiger charge is 2.51. The molecule has 0 spiro atoms. The minimum Gasteiger partial charge on any atom is -0.0848 e. The first-order valence-corrected chi connectivity index (χ1v) is 6.49. The maximum Gasteiger partial charge on any atom is -0.0171 e. The van der Waals surface area contributed by atoms with Crippen molar-refractivity contribution in [3.63, 3.8) is 0 Å². The van der Waals surface area contributed by atoms with Gasteiger partial charge in [-0.15, -0.1) is 0 Å². The van der Waals surface area contributed by atoms with Crippen molar-refractivity contribution < 1.29 is 0 Å². The molecule has 0 N–H and O–H groups in total. The largest absolute Gasteiger partial charge is 0.0848 e. The first-order chi connectivity index (χ1) is 6.81. The van der Waals surface area contributed by atoms with Crippen molar-refractivity contribution in [2.24, 2.45) is 23.2 Å². The van der Waals surface area contributed by atoms with Crippen LogP contribution in [0.1, 0.15) is 51.9 Å². The SMILES string of the molecule is CC12CCCCCCC1C1C=CC2C1. The zero-order valence-electron chi connectivity index (χ0n) is 9.34. The third kappa shape index (κ3) is 1.12. The summed E-state index contributed by atoms with van der Waals surface area (Å²) in [5.74, 6) is 2.94. The van der Waals surface area contributed by atoms with E-state index in [4.69, 9.17) is 0 Å². The van der Waals surface area contributed by atoms with Gasteiger partial charge in [0.05, 0.1) is 0 Å². The van der Waals surface area contributed by atoms with Crippen LogP contribution < -0.4 is 0 Å². The van der Waals surface area contributed by atoms with Crippen molar-refractivity contribution in [3.05, 3.63) is 12.2 Å². The lowest BCUT2D eigenvalue weighted by atomic mass is 9.64. The Morgan fingerprint density at radius 3 is 2.86 bits per heavy atom. The van der Waals surface area contributed by atoms with Gasteiger partial charge in [-0.25, -0.2) is 0 Å². The molecule has 4 atom stereocenters. The molecule has 4 unspecified atom stereocenters. The minimum atomic E-state index is 0.694. The molecule has 0 amide bonds. The van der Waals surface area contributed by atoms with Crippen LogP contribution in [0.2, 0.25) is 0 Å². The fourth-order valence-electron chi connectivity index (χ4n) is 4.42. The highest BCUT2D eigenvalue weighted by molar-refractivity contribution is 5.17. The molecule has 0 nitrogen and oxygen atoms in total. The maximum atomic E-state index is 2.58. The molecule has 0 aromatic carbocycles. The molecule has 0 aromatic heterocycles. The fraction of sp³-hybridized carbons (Fsp3) is 0.857. The summed E-state index contributed by atoms with van der Waals surface area (Å²) in [7, 11) is 0. The lowest BCUT2D eigenvalue weighted by Gasteiger charge is -2.40. The van der Waals surface area contributed by atoms with Gasteiger partial charge in [-0.2, -0.15) is 0 Å². The second kappa shape index (κ2) is 3.12. The molecule has 0 aromatic rings. The quantitative estimate of drug-likeness (QED) is 0.503. The van der Waals surface area contributed by atoms with E-state index in [9.17, 15) is 0 Å². The van der Waals surface area contributed by atoms with Crippen LogP contribution in [0.4, 0.5) is 0 Å². The van der Waals surface area contributed by atoms with E-state index in [0.29, 0.717) is 5.41 Å². The summed E-state index contributed by atoms with van der Waals surface area (Å²) in [5, 5.41) is 0. The van der Waals surface area contributed by atoms with E-state index in [-0.39, 0.29) is 0 Å². The molecule has 0 aliphatic heterocycles. The Morgan fingerprint density at radius 1 is 1.07 bits per heavy atom. The van der Waals surface area contributed by atoms with Crippen molar-refractivity contribution in [3.8, 4) is 0 Å². The van der Waals surface area contributed by atoms with E-state index >= 15 is 0 Å². The Balaban J connectivity index is 1.88. The molecule has 2 bridgehead atoms. The third-order valence-corrected chi connectivity index (χ3v) is 5.31. The average molecular weight is 190 g/mol. The number of allylic oxidation sites excluding steroid dienone is 2. The van der Waals surface area contributed by atoms with Gasteiger partial charge in [0.1, 0.15) is 0 Å². The fourth-order valence-corrected chi connectivity index (χ4v) is 4.42. The zero-order chi connectivity index (χ0) is 9.60. The zero-order valence-corrected chi connectivity index (χ0v) is 9.34. The van der Waals surface area contributed by atoms with E-state index in [1.165, 1.54) is 44.9 Å². The van der Waals surface area contributed by atoms with Crippen molar-refractivity contribution in [2.75, 3.05) is 0 Å². The summed E-state index contributed by atoms with van der Waals surface area (Å²) < 4.78 is 0. The number of fused-ring (bicyclic) bond motifs is 5. The van der Waals surface area contributed by atoms with Gasteiger partial charge in [0, 0.05) is 0 Å². The molecule has 78 valence electrons. The van der Waals surface area contributed by atoms with Crippen LogP contribution in [0.25, 0.3) is 0 Å². The number of hydrogen-bond donors (Lipinski definition) is 0. The van der Waals surface area contributed by atoms with Crippen molar-refractivity contribution >= 4 is 0 Å². The molecule has 14 heavy (non-hydrogen) atoms. The van der Waals surface area contributed by atoms with Gasteiger partial charge in [-0.1, -0.05) is 44.8 Å². The predicted octanol–water partition coefficient (Wildman–Crippen LogP) is 4.17. The Bertz CT molecular complexity index is 253. The standard InChI is InChI=1S/C14H22/c1-14-9-5-3-2-4-6-13(14)11-7-8-12(14)10-11/h7-8,11-13H,2-6,9-10H2,1H3. The Morgan fingerprint density at radius 2 is 1.93 bits per heavy atom. The molecule has 3 rings (SSSR count). The van der Waals surface area contributed by atoms with E-state index in [0.717, 1.165) is 17.8 Å². The van der Waals surface area contributed by atoms with Crippen LogP contribution in [-0.2, 0) is 0 Å². The summed E-state index contributed by atoms with van der Waals surface area (Å²) >= 11 is 0.